The molecule has 0 aromatic heterocycles. The molecule has 23 heavy (non-hydrogen) atoms. The van der Waals surface area contributed by atoms with E-state index < -0.39 is 0 Å². The van der Waals surface area contributed by atoms with Crippen LogP contribution in [0, 0.1) is 6.92 Å². The molecule has 0 radical (unpaired) electrons. The summed E-state index contributed by atoms with van der Waals surface area (Å²) in [6.07, 6.45) is 3.43. The summed E-state index contributed by atoms with van der Waals surface area (Å²) in [6.45, 7) is 1.88. The molecule has 0 aliphatic heterocycles. The predicted molar refractivity (Wildman–Crippen MR) is 96.7 cm³/mol. The highest BCUT2D eigenvalue weighted by molar-refractivity contribution is 9.12. The first-order valence-corrected chi connectivity index (χ1v) is 7.86. The van der Waals surface area contributed by atoms with Crippen molar-refractivity contribution in [3.8, 4) is 5.75 Å². The number of nitrogens with one attached hydrogen (secondary N) is 1. The van der Waals surface area contributed by atoms with E-state index in [-0.39, 0.29) is 12.5 Å². The van der Waals surface area contributed by atoms with E-state index in [0.717, 1.165) is 15.6 Å². The molecule has 0 aliphatic carbocycles. The SMILES string of the molecule is Cc1cccc(OCC(=O)N/N=C/C(Br)=C/c2ccccc2)c1. The number of hydrogen-bond donors (Lipinski definition) is 1. The van der Waals surface area contributed by atoms with Gasteiger partial charge in [0.05, 0.1) is 6.21 Å². The number of nitrogens with zero attached hydrogens (tertiary/aromatic N) is 1. The molecular weight excluding hydrogens is 356 g/mol. The number of ether oxygens (including phenoxy) is 1. The van der Waals surface area contributed by atoms with E-state index in [2.05, 4.69) is 26.5 Å². The normalized spacial score (nSPS) is 11.5. The number of hydrazone groups is 1. The highest BCUT2D eigenvalue weighted by Crippen LogP contribution is 2.12. The number of aryl methyl sites for hydroxylation is 1. The molecule has 0 bridgehead atoms. The van der Waals surface area contributed by atoms with Crippen LogP contribution in [0.3, 0.4) is 0 Å². The molecule has 0 saturated heterocycles. The van der Waals surface area contributed by atoms with Crippen molar-refractivity contribution in [2.75, 3.05) is 6.61 Å². The maximum atomic E-state index is 11.7. The van der Waals surface area contributed by atoms with E-state index in [0.29, 0.717) is 5.75 Å². The van der Waals surface area contributed by atoms with Crippen molar-refractivity contribution in [2.24, 2.45) is 5.10 Å². The van der Waals surface area contributed by atoms with E-state index in [1.807, 2.05) is 67.6 Å². The molecule has 118 valence electrons. The quantitative estimate of drug-likeness (QED) is 0.617. The largest absolute Gasteiger partial charge is 0.484 e. The third-order valence-electron chi connectivity index (χ3n) is 2.84. The first-order valence-electron chi connectivity index (χ1n) is 7.07. The van der Waals surface area contributed by atoms with Crippen LogP contribution in [0.5, 0.6) is 5.75 Å². The number of hydrogen-bond acceptors (Lipinski definition) is 3. The van der Waals surface area contributed by atoms with Gasteiger partial charge in [-0.1, -0.05) is 42.5 Å². The van der Waals surface area contributed by atoms with Gasteiger partial charge in [-0.2, -0.15) is 5.10 Å². The first kappa shape index (κ1) is 17.0. The molecule has 5 heteroatoms. The molecule has 0 fully saturated rings. The van der Waals surface area contributed by atoms with Gasteiger partial charge in [0.25, 0.3) is 5.91 Å². The van der Waals surface area contributed by atoms with Crippen molar-refractivity contribution >= 4 is 34.1 Å². The van der Waals surface area contributed by atoms with Crippen molar-refractivity contribution in [2.45, 2.75) is 6.92 Å². The molecule has 1 N–H and O–H groups in total. The van der Waals surface area contributed by atoms with Crippen LogP contribution < -0.4 is 10.2 Å². The van der Waals surface area contributed by atoms with Crippen LogP contribution in [0.15, 0.2) is 64.2 Å². The summed E-state index contributed by atoms with van der Waals surface area (Å²) in [7, 11) is 0. The number of carbonyl (C=O) groups excluding carboxylic acids is 1. The number of carbonyl (C=O) groups is 1. The van der Waals surface area contributed by atoms with Gasteiger partial charge in [-0.25, -0.2) is 5.43 Å². The Kier molecular flexibility index (Phi) is 6.56. The Morgan fingerprint density at radius 3 is 2.74 bits per heavy atom. The van der Waals surface area contributed by atoms with E-state index in [9.17, 15) is 4.79 Å². The topological polar surface area (TPSA) is 50.7 Å². The summed E-state index contributed by atoms with van der Waals surface area (Å²) in [4.78, 5) is 11.7. The second-order valence-electron chi connectivity index (χ2n) is 4.84. The van der Waals surface area contributed by atoms with Gasteiger partial charge in [-0.3, -0.25) is 4.79 Å². The Labute approximate surface area is 144 Å². The Morgan fingerprint density at radius 1 is 1.22 bits per heavy atom. The maximum absolute atomic E-state index is 11.7. The Hall–Kier alpha value is -2.40. The Balaban J connectivity index is 1.78. The fourth-order valence-corrected chi connectivity index (χ4v) is 2.16. The van der Waals surface area contributed by atoms with Gasteiger partial charge < -0.3 is 4.74 Å². The van der Waals surface area contributed by atoms with E-state index >= 15 is 0 Å². The molecule has 4 nitrogen and oxygen atoms in total. The zero-order valence-electron chi connectivity index (χ0n) is 12.7. The highest BCUT2D eigenvalue weighted by Gasteiger charge is 2.01. The highest BCUT2D eigenvalue weighted by atomic mass is 79.9. The third-order valence-corrected chi connectivity index (χ3v) is 3.27. The van der Waals surface area contributed by atoms with E-state index in [4.69, 9.17) is 4.74 Å². The lowest BCUT2D eigenvalue weighted by Gasteiger charge is -2.05. The minimum Gasteiger partial charge on any atom is -0.484 e. The molecule has 2 rings (SSSR count). The maximum Gasteiger partial charge on any atom is 0.277 e. The second kappa shape index (κ2) is 8.90. The third kappa shape index (κ3) is 6.48. The fourth-order valence-electron chi connectivity index (χ4n) is 1.80. The van der Waals surface area contributed by atoms with E-state index in [1.165, 1.54) is 6.21 Å². The molecule has 0 spiro atoms. The first-order chi connectivity index (χ1) is 11.1. The number of benzene rings is 2. The summed E-state index contributed by atoms with van der Waals surface area (Å²) < 4.78 is 6.14. The lowest BCUT2D eigenvalue weighted by molar-refractivity contribution is -0.123. The molecule has 0 aliphatic rings. The lowest BCUT2D eigenvalue weighted by atomic mass is 10.2. The van der Waals surface area contributed by atoms with Crippen molar-refractivity contribution in [3.05, 3.63) is 70.2 Å². The fraction of sp³-hybridized carbons (Fsp3) is 0.111. The molecule has 2 aromatic rings. The van der Waals surface area contributed by atoms with Crippen LogP contribution in [0.25, 0.3) is 6.08 Å². The van der Waals surface area contributed by atoms with Crippen molar-refractivity contribution < 1.29 is 9.53 Å². The molecular formula is C18H17BrN2O2. The standard InChI is InChI=1S/C18H17BrN2O2/c1-14-6-5-9-17(10-14)23-13-18(22)21-20-12-16(19)11-15-7-3-2-4-8-15/h2-12H,13H2,1H3,(H,21,22)/b16-11-,20-12+. The van der Waals surface area contributed by atoms with Crippen LogP contribution in [0.1, 0.15) is 11.1 Å². The molecule has 2 aromatic carbocycles. The van der Waals surface area contributed by atoms with Gasteiger partial charge in [0.1, 0.15) is 5.75 Å². The summed E-state index contributed by atoms with van der Waals surface area (Å²) in [5.41, 5.74) is 4.54. The average molecular weight is 373 g/mol. The van der Waals surface area contributed by atoms with Crippen LogP contribution >= 0.6 is 15.9 Å². The molecule has 0 atom stereocenters. The second-order valence-corrected chi connectivity index (χ2v) is 5.75. The molecule has 0 unspecified atom stereocenters. The summed E-state index contributed by atoms with van der Waals surface area (Å²) in [5, 5.41) is 3.88. The molecule has 1 amide bonds. The number of amides is 1. The molecule has 0 heterocycles. The summed E-state index contributed by atoms with van der Waals surface area (Å²) in [5.74, 6) is 0.344. The smallest absolute Gasteiger partial charge is 0.277 e. The lowest BCUT2D eigenvalue weighted by Crippen LogP contribution is -2.24. The number of rotatable bonds is 6. The van der Waals surface area contributed by atoms with Crippen molar-refractivity contribution in [1.82, 2.24) is 5.43 Å². The van der Waals surface area contributed by atoms with Crippen molar-refractivity contribution in [3.63, 3.8) is 0 Å². The van der Waals surface area contributed by atoms with Gasteiger partial charge in [-0.15, -0.1) is 0 Å². The van der Waals surface area contributed by atoms with Crippen molar-refractivity contribution in [1.29, 1.82) is 0 Å². The summed E-state index contributed by atoms with van der Waals surface area (Å²) >= 11 is 3.38. The van der Waals surface area contributed by atoms with Crippen LogP contribution in [-0.2, 0) is 4.79 Å². The predicted octanol–water partition coefficient (Wildman–Crippen LogP) is 3.91. The number of halogens is 1. The van der Waals surface area contributed by atoms with Gasteiger partial charge in [-0.05, 0) is 52.2 Å². The molecule has 0 saturated carbocycles. The van der Waals surface area contributed by atoms with Gasteiger partial charge in [0.15, 0.2) is 6.61 Å². The summed E-state index contributed by atoms with van der Waals surface area (Å²) in [6, 6.07) is 17.3. The van der Waals surface area contributed by atoms with Gasteiger partial charge in [0.2, 0.25) is 0 Å². The zero-order chi connectivity index (χ0) is 16.5. The Bertz CT molecular complexity index is 712. The minimum atomic E-state index is -0.317. The van der Waals surface area contributed by atoms with Crippen LogP contribution in [-0.4, -0.2) is 18.7 Å². The monoisotopic (exact) mass is 372 g/mol. The van der Waals surface area contributed by atoms with Gasteiger partial charge >= 0.3 is 0 Å². The average Bonchev–Trinajstić information content (AvgIpc) is 2.54. The number of allylic oxidation sites excluding steroid dienone is 1. The van der Waals surface area contributed by atoms with E-state index in [1.54, 1.807) is 0 Å². The Morgan fingerprint density at radius 2 is 2.00 bits per heavy atom. The van der Waals surface area contributed by atoms with Crippen LogP contribution in [0.4, 0.5) is 0 Å². The van der Waals surface area contributed by atoms with Crippen LogP contribution in [0.2, 0.25) is 0 Å². The minimum absolute atomic E-state index is 0.0825. The zero-order valence-corrected chi connectivity index (χ0v) is 14.3. The van der Waals surface area contributed by atoms with Gasteiger partial charge in [0, 0.05) is 4.48 Å².